The van der Waals surface area contributed by atoms with Gasteiger partial charge < -0.3 is 15.4 Å². The monoisotopic (exact) mass is 354 g/mol. The third-order valence-corrected chi connectivity index (χ3v) is 3.65. The molecule has 0 aliphatic rings. The van der Waals surface area contributed by atoms with Crippen LogP contribution >= 0.6 is 0 Å². The lowest BCUT2D eigenvalue weighted by Gasteiger charge is -2.25. The van der Waals surface area contributed by atoms with E-state index in [0.29, 0.717) is 26.1 Å². The number of H-pyrrole nitrogens is 1. The Hall–Kier alpha value is -2.09. The summed E-state index contributed by atoms with van der Waals surface area (Å²) in [6.07, 6.45) is 0.845. The van der Waals surface area contributed by atoms with Crippen LogP contribution < -0.4 is 21.9 Å². The summed E-state index contributed by atoms with van der Waals surface area (Å²) in [5.41, 5.74) is 4.96. The summed E-state index contributed by atoms with van der Waals surface area (Å²) in [4.78, 5) is 40.8. The van der Waals surface area contributed by atoms with Crippen molar-refractivity contribution in [3.05, 3.63) is 20.8 Å². The molecule has 1 aromatic rings. The first-order valence-electron chi connectivity index (χ1n) is 8.60. The Morgan fingerprint density at radius 1 is 1.24 bits per heavy atom. The van der Waals surface area contributed by atoms with E-state index in [1.54, 1.807) is 7.11 Å². The van der Waals surface area contributed by atoms with E-state index in [-0.39, 0.29) is 35.7 Å². The topological polar surface area (TPSA) is 110 Å². The van der Waals surface area contributed by atoms with Crippen LogP contribution in [0.15, 0.2) is 9.59 Å². The second-order valence-electron chi connectivity index (χ2n) is 6.99. The Morgan fingerprint density at radius 3 is 2.40 bits per heavy atom. The lowest BCUT2D eigenvalue weighted by atomic mass is 10.1. The Kier molecular flexibility index (Phi) is 7.89. The van der Waals surface area contributed by atoms with Gasteiger partial charge in [-0.3, -0.25) is 19.1 Å². The van der Waals surface area contributed by atoms with E-state index in [1.165, 1.54) is 9.47 Å². The second-order valence-corrected chi connectivity index (χ2v) is 6.99. The van der Waals surface area contributed by atoms with Crippen LogP contribution in [-0.4, -0.2) is 35.7 Å². The summed E-state index contributed by atoms with van der Waals surface area (Å²) in [6.45, 7) is 8.85. The number of ether oxygens (including phenoxy) is 1. The minimum absolute atomic E-state index is 0.0250. The fourth-order valence-corrected chi connectivity index (χ4v) is 2.57. The van der Waals surface area contributed by atoms with Gasteiger partial charge in [0.05, 0.1) is 0 Å². The fourth-order valence-electron chi connectivity index (χ4n) is 2.57. The number of aromatic amines is 1. The zero-order valence-corrected chi connectivity index (χ0v) is 15.8. The van der Waals surface area contributed by atoms with Crippen molar-refractivity contribution < 1.29 is 9.53 Å². The molecule has 1 heterocycles. The molecule has 0 fully saturated rings. The van der Waals surface area contributed by atoms with Gasteiger partial charge >= 0.3 is 5.69 Å². The first kappa shape index (κ1) is 21.0. The number of methoxy groups -OCH3 is 1. The maximum Gasteiger partial charge on any atom is 0.330 e. The molecule has 1 rings (SSSR count). The Morgan fingerprint density at radius 2 is 1.88 bits per heavy atom. The number of hydrogen-bond acceptors (Lipinski definition) is 5. The number of carbonyl (C=O) groups is 1. The standard InChI is InChI=1S/C17H30N4O4/c1-11(2)9-13(22)20(7-6-8-25-5)14-15(18)21(10-12(3)4)17(24)19-16(14)23/h11-12H,6-10,18H2,1-5H3,(H,19,23,24). The van der Waals surface area contributed by atoms with Crippen LogP contribution in [0.5, 0.6) is 0 Å². The number of nitrogen functional groups attached to an aromatic ring is 1. The number of aromatic nitrogens is 2. The molecule has 1 amide bonds. The molecule has 0 aromatic carbocycles. The van der Waals surface area contributed by atoms with E-state index in [9.17, 15) is 14.4 Å². The highest BCUT2D eigenvalue weighted by Gasteiger charge is 2.24. The molecule has 0 bridgehead atoms. The first-order valence-corrected chi connectivity index (χ1v) is 8.60. The summed E-state index contributed by atoms with van der Waals surface area (Å²) in [7, 11) is 1.57. The smallest absolute Gasteiger partial charge is 0.330 e. The van der Waals surface area contributed by atoms with Gasteiger partial charge in [-0.1, -0.05) is 27.7 Å². The number of nitrogens with two attached hydrogens (primary N) is 1. The maximum atomic E-state index is 12.7. The van der Waals surface area contributed by atoms with Crippen molar-refractivity contribution in [3.8, 4) is 0 Å². The third-order valence-electron chi connectivity index (χ3n) is 3.65. The van der Waals surface area contributed by atoms with E-state index < -0.39 is 11.2 Å². The summed E-state index contributed by atoms with van der Waals surface area (Å²) in [5, 5.41) is 0. The molecule has 0 saturated heterocycles. The number of carbonyl (C=O) groups excluding carboxylic acids is 1. The molecule has 0 saturated carbocycles. The normalized spacial score (nSPS) is 11.3. The minimum Gasteiger partial charge on any atom is -0.385 e. The summed E-state index contributed by atoms with van der Waals surface area (Å²) < 4.78 is 6.35. The van der Waals surface area contributed by atoms with Crippen molar-refractivity contribution in [3.63, 3.8) is 0 Å². The molecule has 142 valence electrons. The first-order chi connectivity index (χ1) is 11.7. The Balaban J connectivity index is 3.38. The largest absolute Gasteiger partial charge is 0.385 e. The lowest BCUT2D eigenvalue weighted by molar-refractivity contribution is -0.119. The summed E-state index contributed by atoms with van der Waals surface area (Å²) in [6, 6.07) is 0. The molecule has 8 nitrogen and oxygen atoms in total. The molecule has 8 heteroatoms. The fraction of sp³-hybridized carbons (Fsp3) is 0.706. The van der Waals surface area contributed by atoms with Gasteiger partial charge in [0.25, 0.3) is 5.56 Å². The number of amides is 1. The minimum atomic E-state index is -0.642. The van der Waals surface area contributed by atoms with Gasteiger partial charge in [0.1, 0.15) is 5.82 Å². The molecule has 0 spiro atoms. The second kappa shape index (κ2) is 9.41. The van der Waals surface area contributed by atoms with Crippen LogP contribution in [0.1, 0.15) is 40.5 Å². The summed E-state index contributed by atoms with van der Waals surface area (Å²) >= 11 is 0. The highest BCUT2D eigenvalue weighted by Crippen LogP contribution is 2.20. The van der Waals surface area contributed by atoms with E-state index in [2.05, 4.69) is 4.98 Å². The third kappa shape index (κ3) is 5.74. The van der Waals surface area contributed by atoms with Crippen LogP contribution in [0, 0.1) is 11.8 Å². The molecule has 0 aliphatic heterocycles. The molecule has 1 aromatic heterocycles. The van der Waals surface area contributed by atoms with Gasteiger partial charge in [0, 0.05) is 33.2 Å². The SMILES string of the molecule is COCCCN(C(=O)CC(C)C)c1c(N)n(CC(C)C)c(=O)[nH]c1=O. The van der Waals surface area contributed by atoms with Crippen molar-refractivity contribution in [1.82, 2.24) is 9.55 Å². The number of anilines is 2. The Labute approximate surface area is 148 Å². The Bertz CT molecular complexity index is 691. The van der Waals surface area contributed by atoms with Gasteiger partial charge in [0.2, 0.25) is 5.91 Å². The van der Waals surface area contributed by atoms with Crippen molar-refractivity contribution in [2.75, 3.05) is 30.9 Å². The molecule has 0 radical (unpaired) electrons. The van der Waals surface area contributed by atoms with Gasteiger partial charge in [-0.15, -0.1) is 0 Å². The average molecular weight is 354 g/mol. The molecule has 0 unspecified atom stereocenters. The molecule has 25 heavy (non-hydrogen) atoms. The summed E-state index contributed by atoms with van der Waals surface area (Å²) in [5.74, 6) is 0.126. The number of nitrogens with one attached hydrogen (secondary N) is 1. The molecular weight excluding hydrogens is 324 g/mol. The zero-order chi connectivity index (χ0) is 19.1. The van der Waals surface area contributed by atoms with E-state index in [4.69, 9.17) is 10.5 Å². The lowest BCUT2D eigenvalue weighted by Crippen LogP contribution is -2.42. The average Bonchev–Trinajstić information content (AvgIpc) is 2.49. The van der Waals surface area contributed by atoms with Crippen LogP contribution in [0.2, 0.25) is 0 Å². The predicted molar refractivity (Wildman–Crippen MR) is 98.9 cm³/mol. The predicted octanol–water partition coefficient (Wildman–Crippen LogP) is 1.19. The van der Waals surface area contributed by atoms with Gasteiger partial charge in [-0.25, -0.2) is 4.79 Å². The van der Waals surface area contributed by atoms with Crippen molar-refractivity contribution in [1.29, 1.82) is 0 Å². The quantitative estimate of drug-likeness (QED) is 0.647. The van der Waals surface area contributed by atoms with E-state index >= 15 is 0 Å². The van der Waals surface area contributed by atoms with E-state index in [1.807, 2.05) is 27.7 Å². The van der Waals surface area contributed by atoms with Crippen LogP contribution in [0.25, 0.3) is 0 Å². The molecule has 3 N–H and O–H groups in total. The van der Waals surface area contributed by atoms with Gasteiger partial charge in [0.15, 0.2) is 5.69 Å². The number of rotatable bonds is 9. The molecule has 0 aliphatic carbocycles. The highest BCUT2D eigenvalue weighted by molar-refractivity contribution is 5.95. The maximum absolute atomic E-state index is 12.7. The van der Waals surface area contributed by atoms with Crippen LogP contribution in [0.4, 0.5) is 11.5 Å². The van der Waals surface area contributed by atoms with Crippen molar-refractivity contribution in [2.24, 2.45) is 11.8 Å². The van der Waals surface area contributed by atoms with Gasteiger partial charge in [-0.2, -0.15) is 0 Å². The van der Waals surface area contributed by atoms with Crippen LogP contribution in [0.3, 0.4) is 0 Å². The zero-order valence-electron chi connectivity index (χ0n) is 15.8. The number of nitrogens with zero attached hydrogens (tertiary/aromatic N) is 2. The number of hydrogen-bond donors (Lipinski definition) is 2. The van der Waals surface area contributed by atoms with Gasteiger partial charge in [-0.05, 0) is 18.3 Å². The molecule has 0 atom stereocenters. The van der Waals surface area contributed by atoms with Crippen molar-refractivity contribution >= 4 is 17.4 Å². The van der Waals surface area contributed by atoms with Crippen LogP contribution in [-0.2, 0) is 16.1 Å². The van der Waals surface area contributed by atoms with Crippen molar-refractivity contribution in [2.45, 2.75) is 47.1 Å². The molecular formula is C17H30N4O4. The highest BCUT2D eigenvalue weighted by atomic mass is 16.5. The van der Waals surface area contributed by atoms with E-state index in [0.717, 1.165) is 0 Å².